The Morgan fingerprint density at radius 1 is 1.19 bits per heavy atom. The van der Waals surface area contributed by atoms with Crippen LogP contribution in [0.1, 0.15) is 5.56 Å². The van der Waals surface area contributed by atoms with E-state index in [2.05, 4.69) is 10.3 Å². The number of fused-ring (bicyclic) bond motifs is 1. The minimum Gasteiger partial charge on any atom is -0.354 e. The summed E-state index contributed by atoms with van der Waals surface area (Å²) >= 11 is 0. The van der Waals surface area contributed by atoms with Crippen molar-refractivity contribution in [2.45, 2.75) is 13.0 Å². The van der Waals surface area contributed by atoms with Crippen LogP contribution in [0, 0.1) is 5.82 Å². The van der Waals surface area contributed by atoms with Crippen LogP contribution in [-0.4, -0.2) is 31.1 Å². The molecule has 3 aromatic rings. The van der Waals surface area contributed by atoms with Crippen LogP contribution in [0.3, 0.4) is 0 Å². The predicted octanol–water partition coefficient (Wildman–Crippen LogP) is -0.0683. The number of hydrogen-bond acceptors (Lipinski definition) is 4. The van der Waals surface area contributed by atoms with Crippen molar-refractivity contribution in [3.8, 4) is 0 Å². The quantitative estimate of drug-likeness (QED) is 0.691. The summed E-state index contributed by atoms with van der Waals surface area (Å²) in [6.45, 7) is 0.143. The average molecular weight is 359 g/mol. The average Bonchev–Trinajstić information content (AvgIpc) is 3.03. The molecule has 0 bridgehead atoms. The van der Waals surface area contributed by atoms with E-state index < -0.39 is 11.2 Å². The summed E-state index contributed by atoms with van der Waals surface area (Å²) < 4.78 is 17.2. The van der Waals surface area contributed by atoms with Crippen molar-refractivity contribution < 1.29 is 9.18 Å². The number of imidazole rings is 1. The van der Waals surface area contributed by atoms with Gasteiger partial charge in [-0.2, -0.15) is 0 Å². The first-order valence-electron chi connectivity index (χ1n) is 8.01. The molecule has 0 aliphatic carbocycles. The summed E-state index contributed by atoms with van der Waals surface area (Å²) in [6.07, 6.45) is 1.71. The lowest BCUT2D eigenvalue weighted by molar-refractivity contribution is -0.121. The van der Waals surface area contributed by atoms with Gasteiger partial charge in [0, 0.05) is 20.6 Å². The summed E-state index contributed by atoms with van der Waals surface area (Å²) in [5.74, 6) is -0.650. The van der Waals surface area contributed by atoms with Crippen molar-refractivity contribution >= 4 is 17.1 Å². The molecule has 0 fully saturated rings. The fourth-order valence-electron chi connectivity index (χ4n) is 2.77. The van der Waals surface area contributed by atoms with Gasteiger partial charge in [-0.15, -0.1) is 0 Å². The number of aromatic nitrogens is 4. The van der Waals surface area contributed by atoms with Gasteiger partial charge in [0.2, 0.25) is 5.91 Å². The van der Waals surface area contributed by atoms with Gasteiger partial charge < -0.3 is 9.88 Å². The van der Waals surface area contributed by atoms with E-state index >= 15 is 0 Å². The SMILES string of the molecule is Cn1c(=O)c2c(ncn2CC(=O)NCCc2ccccc2F)n(C)c1=O. The van der Waals surface area contributed by atoms with Gasteiger partial charge in [-0.25, -0.2) is 14.2 Å². The maximum Gasteiger partial charge on any atom is 0.332 e. The van der Waals surface area contributed by atoms with Gasteiger partial charge in [-0.1, -0.05) is 18.2 Å². The second-order valence-corrected chi connectivity index (χ2v) is 5.94. The summed E-state index contributed by atoms with van der Waals surface area (Å²) in [5.41, 5.74) is -0.0808. The second-order valence-electron chi connectivity index (χ2n) is 5.94. The van der Waals surface area contributed by atoms with Crippen LogP contribution in [0.25, 0.3) is 11.2 Å². The smallest absolute Gasteiger partial charge is 0.332 e. The van der Waals surface area contributed by atoms with Gasteiger partial charge in [0.15, 0.2) is 11.2 Å². The second kappa shape index (κ2) is 6.95. The predicted molar refractivity (Wildman–Crippen MR) is 93.3 cm³/mol. The summed E-state index contributed by atoms with van der Waals surface area (Å²) in [6, 6.07) is 6.37. The summed E-state index contributed by atoms with van der Waals surface area (Å²) in [5, 5.41) is 2.69. The summed E-state index contributed by atoms with van der Waals surface area (Å²) in [7, 11) is 2.88. The van der Waals surface area contributed by atoms with Crippen molar-refractivity contribution in [1.82, 2.24) is 24.0 Å². The molecule has 3 rings (SSSR count). The first-order chi connectivity index (χ1) is 12.4. The Bertz CT molecular complexity index is 1100. The van der Waals surface area contributed by atoms with E-state index in [1.54, 1.807) is 18.2 Å². The lowest BCUT2D eigenvalue weighted by Gasteiger charge is -2.08. The lowest BCUT2D eigenvalue weighted by atomic mass is 10.1. The van der Waals surface area contributed by atoms with Crippen molar-refractivity contribution in [1.29, 1.82) is 0 Å². The Morgan fingerprint density at radius 3 is 2.65 bits per heavy atom. The van der Waals surface area contributed by atoms with E-state index in [0.29, 0.717) is 12.0 Å². The minimum absolute atomic E-state index is 0.124. The topological polar surface area (TPSA) is 90.9 Å². The zero-order valence-corrected chi connectivity index (χ0v) is 14.4. The highest BCUT2D eigenvalue weighted by atomic mass is 19.1. The molecule has 0 atom stereocenters. The number of benzene rings is 1. The molecular weight excluding hydrogens is 341 g/mol. The first kappa shape index (κ1) is 17.6. The molecule has 0 aliphatic rings. The van der Waals surface area contributed by atoms with Crippen molar-refractivity contribution in [3.05, 3.63) is 62.8 Å². The molecule has 0 unspecified atom stereocenters. The Kier molecular flexibility index (Phi) is 4.70. The highest BCUT2D eigenvalue weighted by Crippen LogP contribution is 2.07. The number of hydrogen-bond donors (Lipinski definition) is 1. The molecule has 0 radical (unpaired) electrons. The highest BCUT2D eigenvalue weighted by Gasteiger charge is 2.15. The standard InChI is InChI=1S/C17H18FN5O3/c1-21-15-14(16(25)22(2)17(21)26)23(10-20-15)9-13(24)19-8-7-11-5-3-4-6-12(11)18/h3-6,10H,7-9H2,1-2H3,(H,19,24). The Labute approximate surface area is 147 Å². The molecule has 2 heterocycles. The normalized spacial score (nSPS) is 11.0. The molecule has 0 spiro atoms. The maximum atomic E-state index is 13.6. The molecule has 1 N–H and O–H groups in total. The number of amides is 1. The van der Waals surface area contributed by atoms with E-state index in [9.17, 15) is 18.8 Å². The third kappa shape index (κ3) is 3.15. The number of nitrogens with zero attached hydrogens (tertiary/aromatic N) is 4. The van der Waals surface area contributed by atoms with Crippen LogP contribution >= 0.6 is 0 Å². The fraction of sp³-hybridized carbons (Fsp3) is 0.294. The maximum absolute atomic E-state index is 13.6. The third-order valence-corrected chi connectivity index (χ3v) is 4.21. The highest BCUT2D eigenvalue weighted by molar-refractivity contribution is 5.78. The number of carbonyl (C=O) groups is 1. The van der Waals surface area contributed by atoms with E-state index in [-0.39, 0.29) is 36.0 Å². The van der Waals surface area contributed by atoms with Gasteiger partial charge in [-0.3, -0.25) is 18.7 Å². The van der Waals surface area contributed by atoms with Gasteiger partial charge in [-0.05, 0) is 18.1 Å². The Hall–Kier alpha value is -3.23. The summed E-state index contributed by atoms with van der Waals surface area (Å²) in [4.78, 5) is 40.4. The molecule has 1 amide bonds. The molecule has 136 valence electrons. The molecule has 0 saturated heterocycles. The number of halogens is 1. The third-order valence-electron chi connectivity index (χ3n) is 4.21. The van der Waals surface area contributed by atoms with Crippen LogP contribution in [0.5, 0.6) is 0 Å². The largest absolute Gasteiger partial charge is 0.354 e. The number of aryl methyl sites for hydroxylation is 1. The van der Waals surface area contributed by atoms with Crippen molar-refractivity contribution in [2.24, 2.45) is 14.1 Å². The lowest BCUT2D eigenvalue weighted by Crippen LogP contribution is -2.38. The molecular formula is C17H18FN5O3. The first-order valence-corrected chi connectivity index (χ1v) is 8.01. The number of carbonyl (C=O) groups excluding carboxylic acids is 1. The molecule has 8 nitrogen and oxygen atoms in total. The van der Waals surface area contributed by atoms with E-state index in [0.717, 1.165) is 4.57 Å². The molecule has 1 aromatic carbocycles. The number of nitrogens with one attached hydrogen (secondary N) is 1. The van der Waals surface area contributed by atoms with E-state index in [1.165, 1.54) is 35.6 Å². The molecule has 9 heteroatoms. The molecule has 26 heavy (non-hydrogen) atoms. The van der Waals surface area contributed by atoms with Crippen LogP contribution in [0.4, 0.5) is 4.39 Å². The van der Waals surface area contributed by atoms with Crippen molar-refractivity contribution in [2.75, 3.05) is 6.54 Å². The van der Waals surface area contributed by atoms with E-state index in [1.807, 2.05) is 0 Å². The monoisotopic (exact) mass is 359 g/mol. The Balaban J connectivity index is 1.73. The van der Waals surface area contributed by atoms with Crippen LogP contribution in [-0.2, 0) is 31.9 Å². The number of rotatable bonds is 5. The fourth-order valence-corrected chi connectivity index (χ4v) is 2.77. The van der Waals surface area contributed by atoms with Crippen LogP contribution in [0.2, 0.25) is 0 Å². The Morgan fingerprint density at radius 2 is 1.92 bits per heavy atom. The minimum atomic E-state index is -0.514. The molecule has 0 saturated carbocycles. The van der Waals surface area contributed by atoms with Gasteiger partial charge in [0.1, 0.15) is 12.4 Å². The van der Waals surface area contributed by atoms with Gasteiger partial charge >= 0.3 is 5.69 Å². The van der Waals surface area contributed by atoms with Gasteiger partial charge in [0.25, 0.3) is 5.56 Å². The van der Waals surface area contributed by atoms with Gasteiger partial charge in [0.05, 0.1) is 6.33 Å². The molecule has 0 aliphatic heterocycles. The van der Waals surface area contributed by atoms with Crippen LogP contribution < -0.4 is 16.6 Å². The van der Waals surface area contributed by atoms with E-state index in [4.69, 9.17) is 0 Å². The van der Waals surface area contributed by atoms with Crippen LogP contribution in [0.15, 0.2) is 40.2 Å². The zero-order valence-electron chi connectivity index (χ0n) is 14.4. The molecule has 2 aromatic heterocycles. The van der Waals surface area contributed by atoms with Crippen molar-refractivity contribution in [3.63, 3.8) is 0 Å². The zero-order chi connectivity index (χ0) is 18.8.